The minimum atomic E-state index is 0.123. The molecule has 20 heavy (non-hydrogen) atoms. The van der Waals surface area contributed by atoms with E-state index in [-0.39, 0.29) is 6.04 Å². The van der Waals surface area contributed by atoms with E-state index < -0.39 is 0 Å². The van der Waals surface area contributed by atoms with Crippen LogP contribution in [0, 0.1) is 0 Å². The zero-order valence-electron chi connectivity index (χ0n) is 11.8. The Labute approximate surface area is 119 Å². The van der Waals surface area contributed by atoms with Gasteiger partial charge in [0.2, 0.25) is 5.88 Å². The van der Waals surface area contributed by atoms with Crippen LogP contribution in [0.4, 0.5) is 0 Å². The number of nitrogens with zero attached hydrogens (tertiary/aromatic N) is 1. The van der Waals surface area contributed by atoms with Gasteiger partial charge in [-0.05, 0) is 18.1 Å². The summed E-state index contributed by atoms with van der Waals surface area (Å²) in [6.45, 7) is 2.79. The molecule has 0 spiro atoms. The van der Waals surface area contributed by atoms with Gasteiger partial charge in [0, 0.05) is 30.4 Å². The average molecular weight is 272 g/mol. The van der Waals surface area contributed by atoms with E-state index in [4.69, 9.17) is 4.74 Å². The van der Waals surface area contributed by atoms with Crippen LogP contribution in [0.25, 0.3) is 0 Å². The highest BCUT2D eigenvalue weighted by Gasteiger charge is 2.12. The van der Waals surface area contributed by atoms with Crippen LogP contribution in [-0.4, -0.2) is 17.2 Å². The highest BCUT2D eigenvalue weighted by atomic mass is 16.5. The largest absolute Gasteiger partial charge is 0.508 e. The number of para-hydroxylation sites is 1. The number of rotatable bonds is 6. The van der Waals surface area contributed by atoms with Gasteiger partial charge in [0.25, 0.3) is 0 Å². The molecule has 1 atom stereocenters. The van der Waals surface area contributed by atoms with Gasteiger partial charge in [-0.25, -0.2) is 4.98 Å². The molecule has 0 saturated heterocycles. The number of hydrogen-bond acceptors (Lipinski definition) is 4. The molecule has 1 unspecified atom stereocenters. The van der Waals surface area contributed by atoms with Crippen LogP contribution in [0.15, 0.2) is 42.6 Å². The van der Waals surface area contributed by atoms with Gasteiger partial charge in [0.1, 0.15) is 5.75 Å². The van der Waals surface area contributed by atoms with Crippen LogP contribution < -0.4 is 10.1 Å². The third-order valence-corrected chi connectivity index (χ3v) is 3.28. The molecule has 2 aromatic rings. The monoisotopic (exact) mass is 272 g/mol. The second kappa shape index (κ2) is 6.91. The lowest BCUT2D eigenvalue weighted by Gasteiger charge is -2.18. The molecule has 0 bridgehead atoms. The van der Waals surface area contributed by atoms with Crippen LogP contribution in [0.1, 0.15) is 30.5 Å². The van der Waals surface area contributed by atoms with E-state index >= 15 is 0 Å². The standard InChI is InChI=1S/C16H20N2O2/c1-3-14(13-6-4-5-7-15(13)19)17-10-12-8-9-16(20-2)18-11-12/h4-9,11,14,17,19H,3,10H2,1-2H3. The van der Waals surface area contributed by atoms with Crippen molar-refractivity contribution in [2.45, 2.75) is 25.9 Å². The lowest BCUT2D eigenvalue weighted by Crippen LogP contribution is -2.20. The van der Waals surface area contributed by atoms with Gasteiger partial charge in [-0.1, -0.05) is 31.2 Å². The molecule has 2 rings (SSSR count). The van der Waals surface area contributed by atoms with E-state index in [1.807, 2.05) is 30.3 Å². The van der Waals surface area contributed by atoms with Gasteiger partial charge in [-0.3, -0.25) is 0 Å². The predicted octanol–water partition coefficient (Wildman–Crippen LogP) is 3.04. The van der Waals surface area contributed by atoms with Crippen molar-refractivity contribution in [3.8, 4) is 11.6 Å². The number of aromatic hydroxyl groups is 1. The number of ether oxygens (including phenoxy) is 1. The lowest BCUT2D eigenvalue weighted by molar-refractivity contribution is 0.397. The third kappa shape index (κ3) is 3.48. The first kappa shape index (κ1) is 14.3. The Morgan fingerprint density at radius 1 is 1.25 bits per heavy atom. The molecule has 0 aliphatic carbocycles. The van der Waals surface area contributed by atoms with Gasteiger partial charge >= 0.3 is 0 Å². The first-order valence-corrected chi connectivity index (χ1v) is 6.74. The van der Waals surface area contributed by atoms with Crippen molar-refractivity contribution in [1.29, 1.82) is 0 Å². The Balaban J connectivity index is 2.02. The molecule has 1 heterocycles. The Morgan fingerprint density at radius 2 is 2.05 bits per heavy atom. The van der Waals surface area contributed by atoms with Crippen LogP contribution in [0.3, 0.4) is 0 Å². The summed E-state index contributed by atoms with van der Waals surface area (Å²) in [5.74, 6) is 0.946. The first-order valence-electron chi connectivity index (χ1n) is 6.74. The normalized spacial score (nSPS) is 12.1. The SMILES string of the molecule is CCC(NCc1ccc(OC)nc1)c1ccccc1O. The summed E-state index contributed by atoms with van der Waals surface area (Å²) in [5, 5.41) is 13.3. The molecule has 4 heteroatoms. The van der Waals surface area contributed by atoms with Crippen LogP contribution in [0.2, 0.25) is 0 Å². The fraction of sp³-hybridized carbons (Fsp3) is 0.312. The fourth-order valence-electron chi connectivity index (χ4n) is 2.13. The minimum Gasteiger partial charge on any atom is -0.508 e. The van der Waals surface area contributed by atoms with Gasteiger partial charge in [0.05, 0.1) is 7.11 Å². The van der Waals surface area contributed by atoms with Gasteiger partial charge in [-0.2, -0.15) is 0 Å². The number of hydrogen-bond donors (Lipinski definition) is 2. The molecule has 0 fully saturated rings. The molecule has 1 aromatic carbocycles. The van der Waals surface area contributed by atoms with E-state index in [0.29, 0.717) is 18.2 Å². The number of aromatic nitrogens is 1. The van der Waals surface area contributed by atoms with Crippen molar-refractivity contribution < 1.29 is 9.84 Å². The van der Waals surface area contributed by atoms with Crippen LogP contribution in [0.5, 0.6) is 11.6 Å². The number of pyridine rings is 1. The Morgan fingerprint density at radius 3 is 2.65 bits per heavy atom. The summed E-state index contributed by atoms with van der Waals surface area (Å²) in [6.07, 6.45) is 2.70. The van der Waals surface area contributed by atoms with Gasteiger partial charge < -0.3 is 15.2 Å². The lowest BCUT2D eigenvalue weighted by atomic mass is 10.0. The Bertz CT molecular complexity index is 540. The second-order valence-electron chi connectivity index (χ2n) is 4.61. The van der Waals surface area contributed by atoms with E-state index in [0.717, 1.165) is 17.5 Å². The quantitative estimate of drug-likeness (QED) is 0.848. The van der Waals surface area contributed by atoms with Crippen LogP contribution >= 0.6 is 0 Å². The molecule has 2 N–H and O–H groups in total. The summed E-state index contributed by atoms with van der Waals surface area (Å²) in [4.78, 5) is 4.18. The Kier molecular flexibility index (Phi) is 4.96. The number of benzene rings is 1. The smallest absolute Gasteiger partial charge is 0.212 e. The molecular weight excluding hydrogens is 252 g/mol. The highest BCUT2D eigenvalue weighted by Crippen LogP contribution is 2.26. The summed E-state index contributed by atoms with van der Waals surface area (Å²) in [7, 11) is 1.60. The van der Waals surface area contributed by atoms with Crippen molar-refractivity contribution in [2.75, 3.05) is 7.11 Å². The summed E-state index contributed by atoms with van der Waals surface area (Å²) < 4.78 is 5.04. The van der Waals surface area contributed by atoms with E-state index in [2.05, 4.69) is 17.2 Å². The topological polar surface area (TPSA) is 54.4 Å². The maximum Gasteiger partial charge on any atom is 0.212 e. The van der Waals surface area contributed by atoms with Crippen molar-refractivity contribution in [3.63, 3.8) is 0 Å². The number of methoxy groups -OCH3 is 1. The zero-order chi connectivity index (χ0) is 14.4. The zero-order valence-corrected chi connectivity index (χ0v) is 11.8. The first-order chi connectivity index (χ1) is 9.74. The number of phenols is 1. The van der Waals surface area contributed by atoms with Crippen molar-refractivity contribution >= 4 is 0 Å². The molecular formula is C16H20N2O2. The average Bonchev–Trinajstić information content (AvgIpc) is 2.50. The summed E-state index contributed by atoms with van der Waals surface area (Å²) >= 11 is 0. The predicted molar refractivity (Wildman–Crippen MR) is 78.8 cm³/mol. The maximum atomic E-state index is 9.91. The fourth-order valence-corrected chi connectivity index (χ4v) is 2.13. The van der Waals surface area contributed by atoms with E-state index in [1.54, 1.807) is 19.4 Å². The molecule has 1 aromatic heterocycles. The second-order valence-corrected chi connectivity index (χ2v) is 4.61. The maximum absolute atomic E-state index is 9.91. The molecule has 0 amide bonds. The molecule has 0 radical (unpaired) electrons. The van der Waals surface area contributed by atoms with E-state index in [1.165, 1.54) is 0 Å². The van der Waals surface area contributed by atoms with Crippen LogP contribution in [-0.2, 0) is 6.54 Å². The number of phenolic OH excluding ortho intramolecular Hbond substituents is 1. The Hall–Kier alpha value is -2.07. The van der Waals surface area contributed by atoms with Crippen molar-refractivity contribution in [3.05, 3.63) is 53.7 Å². The molecule has 106 valence electrons. The van der Waals surface area contributed by atoms with Crippen molar-refractivity contribution in [2.24, 2.45) is 0 Å². The minimum absolute atomic E-state index is 0.123. The summed E-state index contributed by atoms with van der Waals surface area (Å²) in [6, 6.07) is 11.4. The van der Waals surface area contributed by atoms with Gasteiger partial charge in [-0.15, -0.1) is 0 Å². The molecule has 0 saturated carbocycles. The van der Waals surface area contributed by atoms with Crippen molar-refractivity contribution in [1.82, 2.24) is 10.3 Å². The molecule has 4 nitrogen and oxygen atoms in total. The molecule has 0 aliphatic heterocycles. The molecule has 0 aliphatic rings. The summed E-state index contributed by atoms with van der Waals surface area (Å²) in [5.41, 5.74) is 2.01. The highest BCUT2D eigenvalue weighted by molar-refractivity contribution is 5.34. The van der Waals surface area contributed by atoms with Gasteiger partial charge in [0.15, 0.2) is 0 Å². The third-order valence-electron chi connectivity index (χ3n) is 3.28. The number of nitrogens with one attached hydrogen (secondary N) is 1. The van der Waals surface area contributed by atoms with E-state index in [9.17, 15) is 5.11 Å².